The molecule has 0 aromatic carbocycles. The van der Waals surface area contributed by atoms with E-state index >= 15 is 0 Å². The molecule has 2 nitrogen and oxygen atoms in total. The van der Waals surface area contributed by atoms with Crippen LogP contribution in [0.25, 0.3) is 0 Å². The number of hydrogen-bond acceptors (Lipinski definition) is 3. The molecule has 16 heavy (non-hydrogen) atoms. The van der Waals surface area contributed by atoms with E-state index in [-0.39, 0.29) is 6.10 Å². The molecule has 0 aliphatic rings. The van der Waals surface area contributed by atoms with E-state index in [2.05, 4.69) is 45.3 Å². The molecule has 0 amide bonds. The highest BCUT2D eigenvalue weighted by Gasteiger charge is 2.15. The van der Waals surface area contributed by atoms with Gasteiger partial charge >= 0.3 is 0 Å². The zero-order valence-corrected chi connectivity index (χ0v) is 11.7. The van der Waals surface area contributed by atoms with Gasteiger partial charge in [-0.3, -0.25) is 0 Å². The van der Waals surface area contributed by atoms with Gasteiger partial charge < -0.3 is 10.4 Å². The molecule has 0 aliphatic heterocycles. The molecular weight excluding hydrogens is 218 g/mol. The topological polar surface area (TPSA) is 32.3 Å². The zero-order chi connectivity index (χ0) is 12.3. The fourth-order valence-electron chi connectivity index (χ4n) is 1.48. The summed E-state index contributed by atoms with van der Waals surface area (Å²) in [4.78, 5) is 1.10. The van der Waals surface area contributed by atoms with Gasteiger partial charge in [0.2, 0.25) is 0 Å². The van der Waals surface area contributed by atoms with E-state index in [1.165, 1.54) is 11.1 Å². The van der Waals surface area contributed by atoms with Crippen molar-refractivity contribution in [1.29, 1.82) is 0 Å². The highest BCUT2D eigenvalue weighted by atomic mass is 32.1. The van der Waals surface area contributed by atoms with Gasteiger partial charge in [-0.1, -0.05) is 13.8 Å². The van der Waals surface area contributed by atoms with E-state index in [0.717, 1.165) is 4.88 Å². The maximum Gasteiger partial charge on any atom is 0.101 e. The summed E-state index contributed by atoms with van der Waals surface area (Å²) in [6.45, 7) is 11.3. The SMILES string of the molecule is Cc1csc(C(O)CNC(C)C(C)C)c1C. The number of aryl methyl sites for hydroxylation is 1. The maximum absolute atomic E-state index is 10.1. The fraction of sp³-hybridized carbons (Fsp3) is 0.692. The first-order valence-corrected chi connectivity index (χ1v) is 6.77. The average molecular weight is 241 g/mol. The summed E-state index contributed by atoms with van der Waals surface area (Å²) in [5, 5.41) is 15.6. The highest BCUT2D eigenvalue weighted by molar-refractivity contribution is 7.10. The van der Waals surface area contributed by atoms with Crippen LogP contribution in [0.1, 0.15) is 42.9 Å². The zero-order valence-electron chi connectivity index (χ0n) is 10.9. The van der Waals surface area contributed by atoms with Crippen LogP contribution in [0.5, 0.6) is 0 Å². The Bertz CT molecular complexity index is 333. The molecule has 2 N–H and O–H groups in total. The van der Waals surface area contributed by atoms with E-state index in [0.29, 0.717) is 18.5 Å². The van der Waals surface area contributed by atoms with Crippen molar-refractivity contribution >= 4 is 11.3 Å². The Morgan fingerprint density at radius 1 is 1.31 bits per heavy atom. The smallest absolute Gasteiger partial charge is 0.101 e. The Kier molecular flexibility index (Phi) is 4.96. The van der Waals surface area contributed by atoms with Crippen LogP contribution in [0.15, 0.2) is 5.38 Å². The third-order valence-corrected chi connectivity index (χ3v) is 4.56. The normalized spacial score (nSPS) is 15.4. The summed E-state index contributed by atoms with van der Waals surface area (Å²) in [5.74, 6) is 0.596. The van der Waals surface area contributed by atoms with Gasteiger partial charge in [-0.2, -0.15) is 0 Å². The molecular formula is C13H23NOS. The predicted octanol–water partition coefficient (Wildman–Crippen LogP) is 3.03. The van der Waals surface area contributed by atoms with Crippen LogP contribution in [0.4, 0.5) is 0 Å². The van der Waals surface area contributed by atoms with Crippen LogP contribution in [-0.4, -0.2) is 17.7 Å². The van der Waals surface area contributed by atoms with E-state index in [1.54, 1.807) is 11.3 Å². The maximum atomic E-state index is 10.1. The molecule has 0 saturated heterocycles. The van der Waals surface area contributed by atoms with Crippen molar-refractivity contribution in [3.05, 3.63) is 21.4 Å². The molecule has 1 aromatic heterocycles. The van der Waals surface area contributed by atoms with Crippen molar-refractivity contribution in [2.75, 3.05) is 6.54 Å². The lowest BCUT2D eigenvalue weighted by Gasteiger charge is -2.20. The van der Waals surface area contributed by atoms with Crippen molar-refractivity contribution in [2.45, 2.75) is 46.8 Å². The van der Waals surface area contributed by atoms with Gasteiger partial charge in [0.05, 0.1) is 0 Å². The van der Waals surface area contributed by atoms with Gasteiger partial charge in [-0.25, -0.2) is 0 Å². The number of hydrogen-bond donors (Lipinski definition) is 2. The first-order chi connectivity index (χ1) is 7.43. The standard InChI is InChI=1S/C13H23NOS/c1-8(2)11(5)14-6-12(15)13-10(4)9(3)7-16-13/h7-8,11-12,14-15H,6H2,1-5H3. The fourth-order valence-corrected chi connectivity index (χ4v) is 2.54. The van der Waals surface area contributed by atoms with E-state index in [4.69, 9.17) is 0 Å². The summed E-state index contributed by atoms with van der Waals surface area (Å²) >= 11 is 1.65. The van der Waals surface area contributed by atoms with Crippen LogP contribution in [0.2, 0.25) is 0 Å². The van der Waals surface area contributed by atoms with Gasteiger partial charge in [0.25, 0.3) is 0 Å². The van der Waals surface area contributed by atoms with Crippen LogP contribution in [-0.2, 0) is 0 Å². The van der Waals surface area contributed by atoms with E-state index < -0.39 is 0 Å². The first kappa shape index (κ1) is 13.7. The Balaban J connectivity index is 2.53. The highest BCUT2D eigenvalue weighted by Crippen LogP contribution is 2.27. The number of aliphatic hydroxyl groups excluding tert-OH is 1. The molecule has 0 radical (unpaired) electrons. The summed E-state index contributed by atoms with van der Waals surface area (Å²) in [6, 6.07) is 0.441. The largest absolute Gasteiger partial charge is 0.386 e. The van der Waals surface area contributed by atoms with Gasteiger partial charge in [-0.15, -0.1) is 11.3 Å². The summed E-state index contributed by atoms with van der Waals surface area (Å²) in [5.41, 5.74) is 2.51. The molecule has 0 aliphatic carbocycles. The molecule has 3 heteroatoms. The quantitative estimate of drug-likeness (QED) is 0.830. The molecule has 92 valence electrons. The predicted molar refractivity (Wildman–Crippen MR) is 71.1 cm³/mol. The average Bonchev–Trinajstić information content (AvgIpc) is 2.55. The third kappa shape index (κ3) is 3.30. The van der Waals surface area contributed by atoms with Crippen molar-refractivity contribution < 1.29 is 5.11 Å². The van der Waals surface area contributed by atoms with Gasteiger partial charge in [-0.05, 0) is 43.2 Å². The minimum atomic E-state index is -0.375. The summed E-state index contributed by atoms with van der Waals surface area (Å²) in [6.07, 6.45) is -0.375. The lowest BCUT2D eigenvalue weighted by molar-refractivity contribution is 0.170. The number of thiophene rings is 1. The van der Waals surface area contributed by atoms with Crippen molar-refractivity contribution in [3.63, 3.8) is 0 Å². The lowest BCUT2D eigenvalue weighted by atomic mass is 10.1. The molecule has 0 spiro atoms. The van der Waals surface area contributed by atoms with E-state index in [9.17, 15) is 5.11 Å². The second-order valence-corrected chi connectivity index (χ2v) is 5.78. The first-order valence-electron chi connectivity index (χ1n) is 5.89. The minimum Gasteiger partial charge on any atom is -0.386 e. The van der Waals surface area contributed by atoms with Gasteiger partial charge in [0.15, 0.2) is 0 Å². The molecule has 0 saturated carbocycles. The second-order valence-electron chi connectivity index (χ2n) is 4.86. The number of rotatable bonds is 5. The van der Waals surface area contributed by atoms with Crippen molar-refractivity contribution in [1.82, 2.24) is 5.32 Å². The molecule has 2 atom stereocenters. The Morgan fingerprint density at radius 2 is 1.94 bits per heavy atom. The summed E-state index contributed by atoms with van der Waals surface area (Å²) < 4.78 is 0. The number of aliphatic hydroxyl groups is 1. The molecule has 1 heterocycles. The van der Waals surface area contributed by atoms with Crippen molar-refractivity contribution in [3.8, 4) is 0 Å². The van der Waals surface area contributed by atoms with Crippen LogP contribution in [0, 0.1) is 19.8 Å². The van der Waals surface area contributed by atoms with Crippen LogP contribution in [0.3, 0.4) is 0 Å². The molecule has 0 bridgehead atoms. The van der Waals surface area contributed by atoms with Crippen LogP contribution >= 0.6 is 11.3 Å². The van der Waals surface area contributed by atoms with Gasteiger partial charge in [0.1, 0.15) is 6.10 Å². The molecule has 0 fully saturated rings. The minimum absolute atomic E-state index is 0.375. The molecule has 1 aromatic rings. The van der Waals surface area contributed by atoms with Gasteiger partial charge in [0, 0.05) is 17.5 Å². The monoisotopic (exact) mass is 241 g/mol. The lowest BCUT2D eigenvalue weighted by Crippen LogP contribution is -2.34. The second kappa shape index (κ2) is 5.80. The molecule has 2 unspecified atom stereocenters. The summed E-state index contributed by atoms with van der Waals surface area (Å²) in [7, 11) is 0. The Labute approximate surface area is 103 Å². The number of nitrogens with one attached hydrogen (secondary N) is 1. The van der Waals surface area contributed by atoms with Crippen molar-refractivity contribution in [2.24, 2.45) is 5.92 Å². The molecule has 1 rings (SSSR count). The van der Waals surface area contributed by atoms with Crippen LogP contribution < -0.4 is 5.32 Å². The Morgan fingerprint density at radius 3 is 2.38 bits per heavy atom. The third-order valence-electron chi connectivity index (χ3n) is 3.26. The van der Waals surface area contributed by atoms with E-state index in [1.807, 2.05) is 0 Å². The Hall–Kier alpha value is -0.380.